The lowest BCUT2D eigenvalue weighted by atomic mass is 9.90. The largest absolute Gasteiger partial charge is 0.301 e. The third kappa shape index (κ3) is 3.67. The zero-order chi connectivity index (χ0) is 10.6. The molecule has 0 aliphatic heterocycles. The van der Waals surface area contributed by atoms with E-state index in [0.29, 0.717) is 0 Å². The van der Waals surface area contributed by atoms with Crippen LogP contribution in [0.25, 0.3) is 0 Å². The van der Waals surface area contributed by atoms with Crippen molar-refractivity contribution in [2.24, 2.45) is 5.41 Å². The van der Waals surface area contributed by atoms with E-state index >= 15 is 0 Å². The van der Waals surface area contributed by atoms with Crippen LogP contribution in [0.5, 0.6) is 0 Å². The highest BCUT2D eigenvalue weighted by Crippen LogP contribution is 2.28. The number of hydrogen-bond donors (Lipinski definition) is 0. The highest BCUT2D eigenvalue weighted by Gasteiger charge is 2.27. The van der Waals surface area contributed by atoms with Gasteiger partial charge in [0.2, 0.25) is 0 Å². The number of nitrogens with zero attached hydrogens (tertiary/aromatic N) is 2. The van der Waals surface area contributed by atoms with Crippen LogP contribution in [-0.2, 0) is 0 Å². The molecule has 0 radical (unpaired) electrons. The lowest BCUT2D eigenvalue weighted by molar-refractivity contribution is 0.258. The first kappa shape index (κ1) is 11.5. The maximum atomic E-state index is 8.87. The Morgan fingerprint density at radius 1 is 1.43 bits per heavy atom. The van der Waals surface area contributed by atoms with Gasteiger partial charge in [0.15, 0.2) is 0 Å². The molecule has 1 rings (SSSR count). The van der Waals surface area contributed by atoms with Crippen LogP contribution in [0, 0.1) is 16.7 Å². The molecular formula is C12H22N2. The minimum absolute atomic E-state index is 0.136. The van der Waals surface area contributed by atoms with Gasteiger partial charge in [0.1, 0.15) is 0 Å². The lowest BCUT2D eigenvalue weighted by Crippen LogP contribution is -2.27. The molecule has 0 unspecified atom stereocenters. The van der Waals surface area contributed by atoms with Crippen LogP contribution in [0.2, 0.25) is 0 Å². The van der Waals surface area contributed by atoms with E-state index in [1.165, 1.54) is 19.4 Å². The molecule has 0 saturated heterocycles. The summed E-state index contributed by atoms with van der Waals surface area (Å²) >= 11 is 0. The van der Waals surface area contributed by atoms with Crippen LogP contribution >= 0.6 is 0 Å². The number of rotatable bonds is 6. The summed E-state index contributed by atoms with van der Waals surface area (Å²) in [6.45, 7) is 8.62. The Kier molecular flexibility index (Phi) is 3.95. The molecule has 0 heterocycles. The maximum absolute atomic E-state index is 8.87. The van der Waals surface area contributed by atoms with E-state index in [-0.39, 0.29) is 5.41 Å². The van der Waals surface area contributed by atoms with Crippen LogP contribution < -0.4 is 0 Å². The van der Waals surface area contributed by atoms with Crippen LogP contribution in [0.15, 0.2) is 0 Å². The summed E-state index contributed by atoms with van der Waals surface area (Å²) in [6, 6.07) is 3.23. The molecule has 0 atom stereocenters. The molecule has 1 aliphatic rings. The average Bonchev–Trinajstić information content (AvgIpc) is 2.96. The summed E-state index contributed by atoms with van der Waals surface area (Å²) in [5.74, 6) is 0. The molecule has 0 aromatic heterocycles. The monoisotopic (exact) mass is 194 g/mol. The van der Waals surface area contributed by atoms with E-state index in [0.717, 1.165) is 25.4 Å². The van der Waals surface area contributed by atoms with E-state index in [2.05, 4.69) is 17.9 Å². The lowest BCUT2D eigenvalue weighted by Gasteiger charge is -2.22. The summed E-state index contributed by atoms with van der Waals surface area (Å²) in [5.41, 5.74) is -0.136. The van der Waals surface area contributed by atoms with Gasteiger partial charge < -0.3 is 4.90 Å². The molecule has 0 bridgehead atoms. The molecule has 1 fully saturated rings. The Balaban J connectivity index is 2.16. The highest BCUT2D eigenvalue weighted by molar-refractivity contribution is 4.92. The quantitative estimate of drug-likeness (QED) is 0.650. The Labute approximate surface area is 87.9 Å². The number of nitriles is 1. The van der Waals surface area contributed by atoms with Crippen LogP contribution in [0.3, 0.4) is 0 Å². The fourth-order valence-corrected chi connectivity index (χ4v) is 1.82. The standard InChI is InChI=1S/C12H22N2/c1-4-14(11-6-7-11)9-5-8-12(2,3)10-13/h11H,4-9H2,1-3H3. The van der Waals surface area contributed by atoms with Gasteiger partial charge in [-0.15, -0.1) is 0 Å². The van der Waals surface area contributed by atoms with Crippen molar-refractivity contribution >= 4 is 0 Å². The van der Waals surface area contributed by atoms with Gasteiger partial charge in [0.05, 0.1) is 11.5 Å². The minimum Gasteiger partial charge on any atom is -0.301 e. The third-order valence-electron chi connectivity index (χ3n) is 3.02. The zero-order valence-corrected chi connectivity index (χ0v) is 9.71. The molecule has 0 spiro atoms. The Bertz CT molecular complexity index is 211. The van der Waals surface area contributed by atoms with Gasteiger partial charge in [-0.1, -0.05) is 6.92 Å². The van der Waals surface area contributed by atoms with Crippen molar-refractivity contribution in [1.29, 1.82) is 5.26 Å². The normalized spacial score (nSPS) is 17.1. The summed E-state index contributed by atoms with van der Waals surface area (Å²) in [6.07, 6.45) is 4.95. The smallest absolute Gasteiger partial charge is 0.0683 e. The van der Waals surface area contributed by atoms with Gasteiger partial charge in [-0.3, -0.25) is 0 Å². The van der Waals surface area contributed by atoms with Crippen LogP contribution in [0.1, 0.15) is 46.5 Å². The topological polar surface area (TPSA) is 27.0 Å². The van der Waals surface area contributed by atoms with Crippen molar-refractivity contribution in [3.63, 3.8) is 0 Å². The van der Waals surface area contributed by atoms with Crippen LogP contribution in [0.4, 0.5) is 0 Å². The first-order valence-electron chi connectivity index (χ1n) is 5.74. The average molecular weight is 194 g/mol. The molecule has 14 heavy (non-hydrogen) atoms. The first-order chi connectivity index (χ1) is 6.59. The summed E-state index contributed by atoms with van der Waals surface area (Å²) < 4.78 is 0. The van der Waals surface area contributed by atoms with E-state index in [1.807, 2.05) is 13.8 Å². The molecule has 2 nitrogen and oxygen atoms in total. The number of hydrogen-bond acceptors (Lipinski definition) is 2. The molecule has 0 amide bonds. The van der Waals surface area contributed by atoms with Gasteiger partial charge >= 0.3 is 0 Å². The molecule has 1 saturated carbocycles. The summed E-state index contributed by atoms with van der Waals surface area (Å²) in [5, 5.41) is 8.87. The molecule has 80 valence electrons. The first-order valence-corrected chi connectivity index (χ1v) is 5.74. The van der Waals surface area contributed by atoms with E-state index in [9.17, 15) is 0 Å². The van der Waals surface area contributed by atoms with Crippen molar-refractivity contribution in [3.8, 4) is 6.07 Å². The van der Waals surface area contributed by atoms with Crippen molar-refractivity contribution in [2.45, 2.75) is 52.5 Å². The van der Waals surface area contributed by atoms with Crippen molar-refractivity contribution in [2.75, 3.05) is 13.1 Å². The minimum atomic E-state index is -0.136. The SMILES string of the molecule is CCN(CCCC(C)(C)C#N)C1CC1. The summed E-state index contributed by atoms with van der Waals surface area (Å²) in [7, 11) is 0. The second-order valence-corrected chi connectivity index (χ2v) is 4.96. The highest BCUT2D eigenvalue weighted by atomic mass is 15.2. The van der Waals surface area contributed by atoms with Gasteiger partial charge in [-0.25, -0.2) is 0 Å². The van der Waals surface area contributed by atoms with Gasteiger partial charge in [0, 0.05) is 6.04 Å². The Hall–Kier alpha value is -0.550. The fraction of sp³-hybridized carbons (Fsp3) is 0.917. The van der Waals surface area contributed by atoms with Gasteiger partial charge in [-0.05, 0) is 52.6 Å². The molecule has 1 aliphatic carbocycles. The van der Waals surface area contributed by atoms with Crippen molar-refractivity contribution in [3.05, 3.63) is 0 Å². The predicted octanol–water partition coefficient (Wildman–Crippen LogP) is 2.80. The van der Waals surface area contributed by atoms with E-state index in [4.69, 9.17) is 5.26 Å². The van der Waals surface area contributed by atoms with E-state index in [1.54, 1.807) is 0 Å². The zero-order valence-electron chi connectivity index (χ0n) is 9.71. The Morgan fingerprint density at radius 3 is 2.50 bits per heavy atom. The summed E-state index contributed by atoms with van der Waals surface area (Å²) in [4.78, 5) is 2.55. The van der Waals surface area contributed by atoms with Gasteiger partial charge in [-0.2, -0.15) is 5.26 Å². The van der Waals surface area contributed by atoms with E-state index < -0.39 is 0 Å². The van der Waals surface area contributed by atoms with Crippen LogP contribution in [-0.4, -0.2) is 24.0 Å². The fourth-order valence-electron chi connectivity index (χ4n) is 1.82. The molecular weight excluding hydrogens is 172 g/mol. The molecule has 2 heteroatoms. The third-order valence-corrected chi connectivity index (χ3v) is 3.02. The molecule has 0 N–H and O–H groups in total. The van der Waals surface area contributed by atoms with Crippen molar-refractivity contribution < 1.29 is 0 Å². The maximum Gasteiger partial charge on any atom is 0.0683 e. The molecule has 0 aromatic rings. The predicted molar refractivity (Wildman–Crippen MR) is 58.9 cm³/mol. The second kappa shape index (κ2) is 4.79. The second-order valence-electron chi connectivity index (χ2n) is 4.96. The van der Waals surface area contributed by atoms with Gasteiger partial charge in [0.25, 0.3) is 0 Å². The molecule has 0 aromatic carbocycles. The van der Waals surface area contributed by atoms with Crippen molar-refractivity contribution in [1.82, 2.24) is 4.90 Å². The Morgan fingerprint density at radius 2 is 2.07 bits per heavy atom.